The van der Waals surface area contributed by atoms with E-state index >= 15 is 0 Å². The van der Waals surface area contributed by atoms with Gasteiger partial charge in [0.25, 0.3) is 6.71 Å². The van der Waals surface area contributed by atoms with E-state index in [9.17, 15) is 0 Å². The Balaban J connectivity index is 1.29. The normalized spacial score (nSPS) is 15.3. The first-order valence-corrected chi connectivity index (χ1v) is 21.5. The highest BCUT2D eigenvalue weighted by atomic mass is 32.1. The van der Waals surface area contributed by atoms with Crippen LogP contribution in [0.1, 0.15) is 104 Å². The van der Waals surface area contributed by atoms with E-state index in [1.807, 2.05) is 11.3 Å². The zero-order valence-corrected chi connectivity index (χ0v) is 36.2. The monoisotopic (exact) mass is 760 g/mol. The van der Waals surface area contributed by atoms with Gasteiger partial charge in [0.2, 0.25) is 0 Å². The fraction of sp³-hybridized carbons (Fsp3) is 0.283. The van der Waals surface area contributed by atoms with Crippen molar-refractivity contribution in [2.45, 2.75) is 97.8 Å². The van der Waals surface area contributed by atoms with Crippen LogP contribution in [0.3, 0.4) is 0 Å². The summed E-state index contributed by atoms with van der Waals surface area (Å²) in [4.78, 5) is 5.14. The van der Waals surface area contributed by atoms with Gasteiger partial charge in [0.1, 0.15) is 0 Å². The summed E-state index contributed by atoms with van der Waals surface area (Å²) in [5, 5.41) is 1.34. The minimum absolute atomic E-state index is 0.00624. The summed E-state index contributed by atoms with van der Waals surface area (Å²) in [6, 6.07) is 47.2. The Kier molecular flexibility index (Phi) is 7.64. The molecule has 1 aliphatic carbocycles. The minimum Gasteiger partial charge on any atom is -0.311 e. The molecule has 4 heteroatoms. The zero-order chi connectivity index (χ0) is 40.0. The Morgan fingerprint density at radius 1 is 0.509 bits per heavy atom. The van der Waals surface area contributed by atoms with E-state index in [2.05, 4.69) is 207 Å². The predicted octanol–water partition coefficient (Wildman–Crippen LogP) is 13.2. The van der Waals surface area contributed by atoms with Crippen LogP contribution in [0, 0.1) is 0 Å². The van der Waals surface area contributed by atoms with Gasteiger partial charge in [-0.05, 0) is 121 Å². The molecule has 0 bridgehead atoms. The molecule has 0 N–H and O–H groups in total. The molecule has 2 aliphatic heterocycles. The molecule has 7 aromatic rings. The Hall–Kier alpha value is -5.06. The highest BCUT2D eigenvalue weighted by Gasteiger charge is 2.46. The molecule has 0 unspecified atom stereocenters. The van der Waals surface area contributed by atoms with Crippen LogP contribution in [0.25, 0.3) is 21.2 Å². The van der Waals surface area contributed by atoms with Gasteiger partial charge < -0.3 is 9.80 Å². The van der Waals surface area contributed by atoms with Crippen molar-refractivity contribution in [1.29, 1.82) is 0 Å². The van der Waals surface area contributed by atoms with Crippen molar-refractivity contribution in [2.24, 2.45) is 0 Å². The number of hydrogen-bond acceptors (Lipinski definition) is 3. The molecule has 0 radical (unpaired) electrons. The molecule has 0 saturated carbocycles. The lowest BCUT2D eigenvalue weighted by atomic mass is 9.36. The molecule has 57 heavy (non-hydrogen) atoms. The average Bonchev–Trinajstić information content (AvgIpc) is 3.64. The van der Waals surface area contributed by atoms with Gasteiger partial charge in [-0.1, -0.05) is 143 Å². The SMILES string of the molecule is CC(C)(C)c1ccc(N2c3ccc(C(C)(C)C)cc3B3c4sc5cc6c(cc5c4N(c4ccc(C(C)(C)C)cc4)c4cccc2c43)-c2ccccc2C6(C)C)cc1. The zero-order valence-electron chi connectivity index (χ0n) is 35.4. The lowest BCUT2D eigenvalue weighted by Crippen LogP contribution is -2.60. The van der Waals surface area contributed by atoms with Crippen LogP contribution in [-0.4, -0.2) is 6.71 Å². The molecule has 284 valence electrons. The molecule has 10 rings (SSSR count). The molecule has 3 heterocycles. The van der Waals surface area contributed by atoms with Gasteiger partial charge in [0, 0.05) is 48.7 Å². The maximum Gasteiger partial charge on any atom is 0.264 e. The second-order valence-corrected chi connectivity index (χ2v) is 21.4. The molecular weight excluding hydrogens is 707 g/mol. The first-order valence-electron chi connectivity index (χ1n) is 20.7. The number of thiophene rings is 1. The van der Waals surface area contributed by atoms with Crippen LogP contribution < -0.4 is 25.5 Å². The van der Waals surface area contributed by atoms with Crippen LogP contribution in [0.15, 0.2) is 121 Å². The highest BCUT2D eigenvalue weighted by Crippen LogP contribution is 2.54. The number of fused-ring (bicyclic) bond motifs is 9. The summed E-state index contributed by atoms with van der Waals surface area (Å²) in [5.74, 6) is 0. The molecular formula is C53H53BN2S. The van der Waals surface area contributed by atoms with Crippen molar-refractivity contribution >= 4 is 78.0 Å². The molecule has 6 aromatic carbocycles. The van der Waals surface area contributed by atoms with Crippen LogP contribution in [-0.2, 0) is 21.7 Å². The number of benzene rings is 6. The minimum atomic E-state index is -0.0642. The summed E-state index contributed by atoms with van der Waals surface area (Å²) in [6.45, 7) is 25.7. The van der Waals surface area contributed by atoms with Crippen molar-refractivity contribution < 1.29 is 0 Å². The first kappa shape index (κ1) is 36.3. The Morgan fingerprint density at radius 2 is 1.07 bits per heavy atom. The first-order chi connectivity index (χ1) is 26.9. The second-order valence-electron chi connectivity index (χ2n) is 20.3. The molecule has 2 nitrogen and oxygen atoms in total. The third kappa shape index (κ3) is 5.36. The summed E-state index contributed by atoms with van der Waals surface area (Å²) in [5.41, 5.74) is 20.0. The number of anilines is 6. The van der Waals surface area contributed by atoms with Crippen LogP contribution in [0.4, 0.5) is 34.1 Å². The van der Waals surface area contributed by atoms with Gasteiger partial charge in [-0.25, -0.2) is 0 Å². The van der Waals surface area contributed by atoms with E-state index in [-0.39, 0.29) is 28.4 Å². The molecule has 0 spiro atoms. The summed E-state index contributed by atoms with van der Waals surface area (Å²) in [6.07, 6.45) is 0. The molecule has 0 fully saturated rings. The van der Waals surface area contributed by atoms with E-state index < -0.39 is 0 Å². The fourth-order valence-electron chi connectivity index (χ4n) is 9.85. The molecule has 0 atom stereocenters. The van der Waals surface area contributed by atoms with E-state index in [0.29, 0.717) is 0 Å². The Morgan fingerprint density at radius 3 is 1.68 bits per heavy atom. The van der Waals surface area contributed by atoms with Crippen LogP contribution in [0.2, 0.25) is 0 Å². The Bertz CT molecular complexity index is 2770. The third-order valence-corrected chi connectivity index (χ3v) is 14.3. The maximum absolute atomic E-state index is 2.60. The van der Waals surface area contributed by atoms with Gasteiger partial charge in [-0.3, -0.25) is 0 Å². The lowest BCUT2D eigenvalue weighted by Gasteiger charge is -2.43. The van der Waals surface area contributed by atoms with Gasteiger partial charge in [-0.2, -0.15) is 0 Å². The number of nitrogens with zero attached hydrogens (tertiary/aromatic N) is 2. The van der Waals surface area contributed by atoms with Gasteiger partial charge in [0.05, 0.1) is 5.69 Å². The average molecular weight is 761 g/mol. The van der Waals surface area contributed by atoms with Crippen LogP contribution >= 0.6 is 11.3 Å². The molecule has 1 aromatic heterocycles. The number of hydrogen-bond donors (Lipinski definition) is 0. The largest absolute Gasteiger partial charge is 0.311 e. The summed E-state index contributed by atoms with van der Waals surface area (Å²) >= 11 is 2.01. The van der Waals surface area contributed by atoms with Gasteiger partial charge >= 0.3 is 0 Å². The van der Waals surface area contributed by atoms with Gasteiger partial charge in [0.15, 0.2) is 0 Å². The van der Waals surface area contributed by atoms with Crippen molar-refractivity contribution in [3.8, 4) is 11.1 Å². The van der Waals surface area contributed by atoms with Crippen molar-refractivity contribution in [1.82, 2.24) is 0 Å². The third-order valence-electron chi connectivity index (χ3n) is 13.1. The van der Waals surface area contributed by atoms with E-state index in [4.69, 9.17) is 0 Å². The van der Waals surface area contributed by atoms with Crippen LogP contribution in [0.5, 0.6) is 0 Å². The van der Waals surface area contributed by atoms with Crippen molar-refractivity contribution in [2.75, 3.05) is 9.80 Å². The fourth-order valence-corrected chi connectivity index (χ4v) is 11.2. The van der Waals surface area contributed by atoms with E-state index in [1.165, 1.54) is 98.9 Å². The van der Waals surface area contributed by atoms with Crippen molar-refractivity contribution in [3.05, 3.63) is 149 Å². The maximum atomic E-state index is 2.60. The quantitative estimate of drug-likeness (QED) is 0.162. The highest BCUT2D eigenvalue weighted by molar-refractivity contribution is 7.33. The molecule has 0 amide bonds. The summed E-state index contributed by atoms with van der Waals surface area (Å²) in [7, 11) is 0. The van der Waals surface area contributed by atoms with E-state index in [1.54, 1.807) is 0 Å². The number of rotatable bonds is 2. The smallest absolute Gasteiger partial charge is 0.264 e. The second kappa shape index (κ2) is 12.0. The summed E-state index contributed by atoms with van der Waals surface area (Å²) < 4.78 is 2.79. The Labute approximate surface area is 344 Å². The van der Waals surface area contributed by atoms with Crippen molar-refractivity contribution in [3.63, 3.8) is 0 Å². The standard InChI is InChI=1S/C53H53BN2S/c1-50(2,3)32-19-24-35(25-20-32)55-43-28-23-34(52(7,8)9)29-42(43)54-47-44(55)17-14-18-45(47)56(36-26-21-33(22-27-36)51(4,5)6)48-39-30-38-37-15-12-13-16-40(37)53(10,11)41(38)31-46(39)57-49(48)54/h12-31H,1-11H3. The van der Waals surface area contributed by atoms with E-state index in [0.717, 1.165) is 0 Å². The topological polar surface area (TPSA) is 6.48 Å². The molecule has 3 aliphatic rings. The molecule has 0 saturated heterocycles. The lowest BCUT2D eigenvalue weighted by molar-refractivity contribution is 0.590. The predicted molar refractivity (Wildman–Crippen MR) is 250 cm³/mol. The van der Waals surface area contributed by atoms with Gasteiger partial charge in [-0.15, -0.1) is 11.3 Å².